The minimum atomic E-state index is -0.399. The van der Waals surface area contributed by atoms with E-state index in [9.17, 15) is 10.1 Å². The van der Waals surface area contributed by atoms with E-state index in [2.05, 4.69) is 11.9 Å². The van der Waals surface area contributed by atoms with Crippen molar-refractivity contribution in [3.63, 3.8) is 0 Å². The van der Waals surface area contributed by atoms with Crippen LogP contribution in [0.2, 0.25) is 0 Å². The number of rotatable bonds is 6. The van der Waals surface area contributed by atoms with Crippen LogP contribution in [0.4, 0.5) is 5.69 Å². The molecule has 0 atom stereocenters. The number of nitro benzene ring substituents is 1. The molecule has 1 heterocycles. The van der Waals surface area contributed by atoms with E-state index in [1.54, 1.807) is 25.4 Å². The molecule has 2 rings (SSSR count). The quantitative estimate of drug-likeness (QED) is 0.600. The Morgan fingerprint density at radius 3 is 2.90 bits per heavy atom. The number of hydrogen-bond donors (Lipinski definition) is 0. The van der Waals surface area contributed by atoms with Gasteiger partial charge in [-0.25, -0.2) is 4.98 Å². The van der Waals surface area contributed by atoms with E-state index < -0.39 is 4.92 Å². The van der Waals surface area contributed by atoms with Crippen molar-refractivity contribution in [3.8, 4) is 5.75 Å². The number of aryl methyl sites for hydroxylation is 1. The fourth-order valence-corrected chi connectivity index (χ4v) is 2.12. The molecule has 0 spiro atoms. The second-order valence-electron chi connectivity index (χ2n) is 4.47. The first kappa shape index (κ1) is 14.0. The third-order valence-corrected chi connectivity index (χ3v) is 3.09. The maximum Gasteiger partial charge on any atom is 0.270 e. The summed E-state index contributed by atoms with van der Waals surface area (Å²) in [6.07, 6.45) is 5.51. The molecule has 0 saturated heterocycles. The number of non-ortho nitro benzene ring substituents is 1. The maximum absolute atomic E-state index is 10.9. The van der Waals surface area contributed by atoms with Crippen LogP contribution in [-0.2, 0) is 13.0 Å². The summed E-state index contributed by atoms with van der Waals surface area (Å²) < 4.78 is 7.26. The van der Waals surface area contributed by atoms with Crippen LogP contribution >= 0.6 is 0 Å². The van der Waals surface area contributed by atoms with Crippen LogP contribution in [0, 0.1) is 10.1 Å². The predicted molar refractivity (Wildman–Crippen MR) is 75.0 cm³/mol. The summed E-state index contributed by atoms with van der Waals surface area (Å²) in [6.45, 7) is 2.60. The van der Waals surface area contributed by atoms with Crippen LogP contribution in [0.15, 0.2) is 30.6 Å². The van der Waals surface area contributed by atoms with Gasteiger partial charge in [0, 0.05) is 36.5 Å². The number of benzene rings is 1. The van der Waals surface area contributed by atoms with Gasteiger partial charge in [0.2, 0.25) is 0 Å². The number of imidazole rings is 1. The van der Waals surface area contributed by atoms with Crippen molar-refractivity contribution in [1.82, 2.24) is 9.55 Å². The zero-order chi connectivity index (χ0) is 14.5. The monoisotopic (exact) mass is 275 g/mol. The Balaban J connectivity index is 2.33. The number of nitrogens with zero attached hydrogens (tertiary/aromatic N) is 3. The fraction of sp³-hybridized carbons (Fsp3) is 0.357. The average molecular weight is 275 g/mol. The molecule has 0 saturated carbocycles. The third kappa shape index (κ3) is 2.96. The number of methoxy groups -OCH3 is 1. The van der Waals surface area contributed by atoms with Gasteiger partial charge in [-0.1, -0.05) is 6.92 Å². The zero-order valence-corrected chi connectivity index (χ0v) is 11.6. The van der Waals surface area contributed by atoms with Gasteiger partial charge in [0.05, 0.1) is 18.6 Å². The van der Waals surface area contributed by atoms with E-state index in [1.165, 1.54) is 6.07 Å². The molecule has 0 aliphatic heterocycles. The second-order valence-corrected chi connectivity index (χ2v) is 4.47. The molecule has 0 aliphatic rings. The molecule has 0 aliphatic carbocycles. The first-order valence-corrected chi connectivity index (χ1v) is 6.47. The zero-order valence-electron chi connectivity index (χ0n) is 11.6. The van der Waals surface area contributed by atoms with Crippen molar-refractivity contribution in [2.24, 2.45) is 0 Å². The Morgan fingerprint density at radius 1 is 1.45 bits per heavy atom. The molecular formula is C14H17N3O3. The van der Waals surface area contributed by atoms with Crippen molar-refractivity contribution in [2.45, 2.75) is 26.3 Å². The maximum atomic E-state index is 10.9. The van der Waals surface area contributed by atoms with E-state index in [1.807, 2.05) is 10.8 Å². The minimum absolute atomic E-state index is 0.0676. The summed E-state index contributed by atoms with van der Waals surface area (Å²) in [6, 6.07) is 4.63. The molecule has 0 N–H and O–H groups in total. The third-order valence-electron chi connectivity index (χ3n) is 3.09. The van der Waals surface area contributed by atoms with E-state index in [0.29, 0.717) is 12.3 Å². The van der Waals surface area contributed by atoms with Crippen molar-refractivity contribution in [2.75, 3.05) is 7.11 Å². The Labute approximate surface area is 117 Å². The van der Waals surface area contributed by atoms with Crippen LogP contribution < -0.4 is 4.74 Å². The van der Waals surface area contributed by atoms with E-state index in [0.717, 1.165) is 24.2 Å². The molecule has 106 valence electrons. The standard InChI is InChI=1S/C14H17N3O3/c1-3-4-14-15-7-8-16(14)10-11-9-12(17(18)19)5-6-13(11)20-2/h5-9H,3-4,10H2,1-2H3. The predicted octanol–water partition coefficient (Wildman–Crippen LogP) is 2.80. The van der Waals surface area contributed by atoms with Gasteiger partial charge >= 0.3 is 0 Å². The van der Waals surface area contributed by atoms with Gasteiger partial charge < -0.3 is 9.30 Å². The van der Waals surface area contributed by atoms with Crippen molar-refractivity contribution < 1.29 is 9.66 Å². The van der Waals surface area contributed by atoms with Gasteiger partial charge in [-0.2, -0.15) is 0 Å². The number of nitro groups is 1. The first-order chi connectivity index (χ1) is 9.65. The van der Waals surface area contributed by atoms with Gasteiger partial charge in [0.1, 0.15) is 11.6 Å². The molecule has 20 heavy (non-hydrogen) atoms. The Kier molecular flexibility index (Phi) is 4.34. The molecule has 0 radical (unpaired) electrons. The summed E-state index contributed by atoms with van der Waals surface area (Å²) in [7, 11) is 1.56. The Morgan fingerprint density at radius 2 is 2.25 bits per heavy atom. The topological polar surface area (TPSA) is 70.2 Å². The highest BCUT2D eigenvalue weighted by Gasteiger charge is 2.13. The lowest BCUT2D eigenvalue weighted by Gasteiger charge is -2.11. The molecule has 0 bridgehead atoms. The minimum Gasteiger partial charge on any atom is -0.496 e. The summed E-state index contributed by atoms with van der Waals surface area (Å²) in [5.74, 6) is 1.62. The first-order valence-electron chi connectivity index (χ1n) is 6.47. The SMILES string of the molecule is CCCc1nccn1Cc1cc([N+](=O)[O-])ccc1OC. The van der Waals surface area contributed by atoms with Crippen molar-refractivity contribution >= 4 is 5.69 Å². The lowest BCUT2D eigenvalue weighted by molar-refractivity contribution is -0.384. The van der Waals surface area contributed by atoms with Gasteiger partial charge in [-0.15, -0.1) is 0 Å². The molecule has 0 unspecified atom stereocenters. The second kappa shape index (κ2) is 6.18. The smallest absolute Gasteiger partial charge is 0.270 e. The highest BCUT2D eigenvalue weighted by molar-refractivity contribution is 5.44. The number of hydrogen-bond acceptors (Lipinski definition) is 4. The van der Waals surface area contributed by atoms with E-state index in [-0.39, 0.29) is 5.69 Å². The average Bonchev–Trinajstić information content (AvgIpc) is 2.86. The summed E-state index contributed by atoms with van der Waals surface area (Å²) in [4.78, 5) is 14.8. The van der Waals surface area contributed by atoms with Gasteiger partial charge in [0.15, 0.2) is 0 Å². The largest absolute Gasteiger partial charge is 0.496 e. The summed E-state index contributed by atoms with van der Waals surface area (Å²) in [5, 5.41) is 10.9. The molecule has 1 aromatic carbocycles. The molecular weight excluding hydrogens is 258 g/mol. The van der Waals surface area contributed by atoms with Crippen LogP contribution in [0.1, 0.15) is 24.7 Å². The van der Waals surface area contributed by atoms with Crippen molar-refractivity contribution in [1.29, 1.82) is 0 Å². The van der Waals surface area contributed by atoms with Gasteiger partial charge in [-0.3, -0.25) is 10.1 Å². The summed E-state index contributed by atoms with van der Waals surface area (Å²) in [5.41, 5.74) is 0.843. The van der Waals surface area contributed by atoms with Crippen molar-refractivity contribution in [3.05, 3.63) is 52.1 Å². The Bertz CT molecular complexity index is 607. The van der Waals surface area contributed by atoms with E-state index >= 15 is 0 Å². The van der Waals surface area contributed by atoms with E-state index in [4.69, 9.17) is 4.74 Å². The highest BCUT2D eigenvalue weighted by Crippen LogP contribution is 2.25. The van der Waals surface area contributed by atoms with Crippen LogP contribution in [0.3, 0.4) is 0 Å². The lowest BCUT2D eigenvalue weighted by atomic mass is 10.1. The molecule has 6 nitrogen and oxygen atoms in total. The fourth-order valence-electron chi connectivity index (χ4n) is 2.12. The van der Waals surface area contributed by atoms with Crippen LogP contribution in [-0.4, -0.2) is 21.6 Å². The molecule has 0 fully saturated rings. The van der Waals surface area contributed by atoms with Crippen LogP contribution in [0.25, 0.3) is 0 Å². The molecule has 2 aromatic rings. The van der Waals surface area contributed by atoms with Crippen LogP contribution in [0.5, 0.6) is 5.75 Å². The molecule has 6 heteroatoms. The lowest BCUT2D eigenvalue weighted by Crippen LogP contribution is -2.06. The summed E-state index contributed by atoms with van der Waals surface area (Å²) >= 11 is 0. The molecule has 1 aromatic heterocycles. The normalized spacial score (nSPS) is 10.5. The number of ether oxygens (including phenoxy) is 1. The number of aromatic nitrogens is 2. The Hall–Kier alpha value is -2.37. The molecule has 0 amide bonds. The highest BCUT2D eigenvalue weighted by atomic mass is 16.6. The van der Waals surface area contributed by atoms with Gasteiger partial charge in [-0.05, 0) is 12.5 Å². The van der Waals surface area contributed by atoms with Gasteiger partial charge in [0.25, 0.3) is 5.69 Å².